The van der Waals surface area contributed by atoms with Crippen LogP contribution in [0.1, 0.15) is 24.9 Å². The second-order valence-corrected chi connectivity index (χ2v) is 4.70. The zero-order valence-electron chi connectivity index (χ0n) is 9.00. The van der Waals surface area contributed by atoms with Gasteiger partial charge in [0.15, 0.2) is 0 Å². The number of benzene rings is 1. The lowest BCUT2D eigenvalue weighted by Crippen LogP contribution is -2.07. The van der Waals surface area contributed by atoms with Crippen molar-refractivity contribution in [2.24, 2.45) is 12.8 Å². The molecule has 15 heavy (non-hydrogen) atoms. The number of halogens is 1. The Morgan fingerprint density at radius 1 is 1.47 bits per heavy atom. The highest BCUT2D eigenvalue weighted by molar-refractivity contribution is 9.10. The van der Waals surface area contributed by atoms with E-state index in [-0.39, 0.29) is 6.04 Å². The van der Waals surface area contributed by atoms with Crippen LogP contribution in [0.5, 0.6) is 0 Å². The van der Waals surface area contributed by atoms with Crippen molar-refractivity contribution in [3.63, 3.8) is 0 Å². The SMILES string of the molecule is CCC(N)c1cn(C)c2c(Br)cccc12. The minimum absolute atomic E-state index is 0.128. The molecule has 1 aromatic carbocycles. The molecule has 0 amide bonds. The third-order valence-corrected chi connectivity index (χ3v) is 3.46. The highest BCUT2D eigenvalue weighted by Crippen LogP contribution is 2.30. The fourth-order valence-corrected chi connectivity index (χ4v) is 2.61. The first-order valence-electron chi connectivity index (χ1n) is 5.14. The summed E-state index contributed by atoms with van der Waals surface area (Å²) in [5, 5.41) is 1.25. The van der Waals surface area contributed by atoms with E-state index in [1.807, 2.05) is 0 Å². The molecule has 1 unspecified atom stereocenters. The number of aryl methyl sites for hydroxylation is 1. The van der Waals surface area contributed by atoms with Crippen molar-refractivity contribution >= 4 is 26.8 Å². The molecule has 1 aromatic heterocycles. The number of nitrogens with zero attached hydrogens (tertiary/aromatic N) is 1. The second kappa shape index (κ2) is 3.99. The Kier molecular flexibility index (Phi) is 2.85. The number of nitrogens with two attached hydrogens (primary N) is 1. The zero-order chi connectivity index (χ0) is 11.0. The number of hydrogen-bond acceptors (Lipinski definition) is 1. The van der Waals surface area contributed by atoms with Gasteiger partial charge in [-0.15, -0.1) is 0 Å². The summed E-state index contributed by atoms with van der Waals surface area (Å²) in [6.07, 6.45) is 3.09. The van der Waals surface area contributed by atoms with E-state index in [2.05, 4.69) is 58.9 Å². The van der Waals surface area contributed by atoms with Gasteiger partial charge in [0, 0.05) is 29.1 Å². The molecule has 0 spiro atoms. The van der Waals surface area contributed by atoms with Crippen LogP contribution in [0, 0.1) is 0 Å². The average molecular weight is 267 g/mol. The van der Waals surface area contributed by atoms with E-state index in [0.717, 1.165) is 10.9 Å². The van der Waals surface area contributed by atoms with Crippen molar-refractivity contribution in [2.75, 3.05) is 0 Å². The van der Waals surface area contributed by atoms with Crippen LogP contribution in [0.25, 0.3) is 10.9 Å². The van der Waals surface area contributed by atoms with E-state index in [4.69, 9.17) is 5.73 Å². The van der Waals surface area contributed by atoms with E-state index in [9.17, 15) is 0 Å². The second-order valence-electron chi connectivity index (χ2n) is 3.85. The Hall–Kier alpha value is -0.800. The van der Waals surface area contributed by atoms with E-state index in [1.165, 1.54) is 16.5 Å². The molecule has 0 saturated carbocycles. The van der Waals surface area contributed by atoms with Crippen molar-refractivity contribution in [1.29, 1.82) is 0 Å². The fraction of sp³-hybridized carbons (Fsp3) is 0.333. The normalized spacial score (nSPS) is 13.3. The summed E-state index contributed by atoms with van der Waals surface area (Å²) in [4.78, 5) is 0. The van der Waals surface area contributed by atoms with E-state index < -0.39 is 0 Å². The van der Waals surface area contributed by atoms with Crippen LogP contribution in [-0.4, -0.2) is 4.57 Å². The van der Waals surface area contributed by atoms with E-state index in [0.29, 0.717) is 0 Å². The Bertz CT molecular complexity index is 488. The van der Waals surface area contributed by atoms with Gasteiger partial charge in [0.25, 0.3) is 0 Å². The molecular formula is C12H15BrN2. The van der Waals surface area contributed by atoms with Gasteiger partial charge in [-0.3, -0.25) is 0 Å². The molecule has 2 rings (SSSR count). The number of rotatable bonds is 2. The molecule has 0 radical (unpaired) electrons. The van der Waals surface area contributed by atoms with Crippen LogP contribution in [0.15, 0.2) is 28.9 Å². The highest BCUT2D eigenvalue weighted by Gasteiger charge is 2.13. The van der Waals surface area contributed by atoms with Crippen LogP contribution >= 0.6 is 15.9 Å². The smallest absolute Gasteiger partial charge is 0.0625 e. The molecule has 2 N–H and O–H groups in total. The quantitative estimate of drug-likeness (QED) is 0.888. The summed E-state index contributed by atoms with van der Waals surface area (Å²) in [5.74, 6) is 0. The summed E-state index contributed by atoms with van der Waals surface area (Å²) in [6.45, 7) is 2.11. The number of hydrogen-bond donors (Lipinski definition) is 1. The molecule has 0 saturated heterocycles. The number of fused-ring (bicyclic) bond motifs is 1. The predicted octanol–water partition coefficient (Wildman–Crippen LogP) is 3.35. The molecule has 0 fully saturated rings. The molecule has 1 atom stereocenters. The van der Waals surface area contributed by atoms with Crippen molar-refractivity contribution < 1.29 is 0 Å². The maximum absolute atomic E-state index is 6.10. The van der Waals surface area contributed by atoms with Crippen LogP contribution in [0.4, 0.5) is 0 Å². The Balaban J connectivity index is 2.73. The lowest BCUT2D eigenvalue weighted by atomic mass is 10.0. The lowest BCUT2D eigenvalue weighted by molar-refractivity contribution is 0.700. The zero-order valence-corrected chi connectivity index (χ0v) is 10.6. The first-order chi connectivity index (χ1) is 7.15. The molecule has 0 aliphatic rings. The fourth-order valence-electron chi connectivity index (χ4n) is 1.96. The first-order valence-corrected chi connectivity index (χ1v) is 5.93. The van der Waals surface area contributed by atoms with E-state index >= 15 is 0 Å². The largest absolute Gasteiger partial charge is 0.349 e. The van der Waals surface area contributed by atoms with Gasteiger partial charge in [-0.1, -0.05) is 19.1 Å². The summed E-state index contributed by atoms with van der Waals surface area (Å²) in [5.41, 5.74) is 8.55. The van der Waals surface area contributed by atoms with Gasteiger partial charge in [-0.05, 0) is 34.0 Å². The van der Waals surface area contributed by atoms with Gasteiger partial charge in [0.05, 0.1) is 5.52 Å². The van der Waals surface area contributed by atoms with Crippen molar-refractivity contribution in [3.8, 4) is 0 Å². The van der Waals surface area contributed by atoms with E-state index in [1.54, 1.807) is 0 Å². The molecule has 2 nitrogen and oxygen atoms in total. The van der Waals surface area contributed by atoms with Crippen LogP contribution in [0.3, 0.4) is 0 Å². The summed E-state index contributed by atoms with van der Waals surface area (Å²) < 4.78 is 3.25. The molecule has 80 valence electrons. The molecule has 1 heterocycles. The van der Waals surface area contributed by atoms with Gasteiger partial charge >= 0.3 is 0 Å². The van der Waals surface area contributed by atoms with Gasteiger partial charge in [-0.25, -0.2) is 0 Å². The maximum Gasteiger partial charge on any atom is 0.0625 e. The Morgan fingerprint density at radius 3 is 2.87 bits per heavy atom. The molecule has 0 bridgehead atoms. The van der Waals surface area contributed by atoms with Gasteiger partial charge < -0.3 is 10.3 Å². The van der Waals surface area contributed by atoms with Gasteiger partial charge in [0.2, 0.25) is 0 Å². The summed E-state index contributed by atoms with van der Waals surface area (Å²) >= 11 is 3.57. The molecule has 0 aliphatic heterocycles. The van der Waals surface area contributed by atoms with Gasteiger partial charge in [-0.2, -0.15) is 0 Å². The Labute approximate surface area is 98.2 Å². The first kappa shape index (κ1) is 10.7. The highest BCUT2D eigenvalue weighted by atomic mass is 79.9. The monoisotopic (exact) mass is 266 g/mol. The van der Waals surface area contributed by atoms with Gasteiger partial charge in [0.1, 0.15) is 0 Å². The standard InChI is InChI=1S/C12H15BrN2/c1-3-11(14)9-7-15(2)12-8(9)5-4-6-10(12)13/h4-7,11H,3,14H2,1-2H3. The van der Waals surface area contributed by atoms with Crippen molar-refractivity contribution in [3.05, 3.63) is 34.4 Å². The van der Waals surface area contributed by atoms with Crippen LogP contribution in [-0.2, 0) is 7.05 Å². The van der Waals surface area contributed by atoms with Crippen molar-refractivity contribution in [1.82, 2.24) is 4.57 Å². The average Bonchev–Trinajstić information content (AvgIpc) is 2.56. The minimum atomic E-state index is 0.128. The molecular weight excluding hydrogens is 252 g/mol. The third kappa shape index (κ3) is 1.70. The Morgan fingerprint density at radius 2 is 2.20 bits per heavy atom. The predicted molar refractivity (Wildman–Crippen MR) is 67.8 cm³/mol. The van der Waals surface area contributed by atoms with Crippen molar-refractivity contribution in [2.45, 2.75) is 19.4 Å². The minimum Gasteiger partial charge on any atom is -0.349 e. The molecule has 0 aliphatic carbocycles. The molecule has 3 heteroatoms. The topological polar surface area (TPSA) is 30.9 Å². The number of aromatic nitrogens is 1. The number of para-hydroxylation sites is 1. The summed E-state index contributed by atoms with van der Waals surface area (Å²) in [6, 6.07) is 6.37. The lowest BCUT2D eigenvalue weighted by Gasteiger charge is -2.06. The maximum atomic E-state index is 6.10. The van der Waals surface area contributed by atoms with Crippen LogP contribution < -0.4 is 5.73 Å². The summed E-state index contributed by atoms with van der Waals surface area (Å²) in [7, 11) is 2.05. The molecule has 2 aromatic rings. The third-order valence-electron chi connectivity index (χ3n) is 2.82. The van der Waals surface area contributed by atoms with Crippen LogP contribution in [0.2, 0.25) is 0 Å².